The molecule has 0 bridgehead atoms. The molecule has 6 heterocycles. The average Bonchev–Trinajstić information content (AvgIpc) is 4.06. The molecule has 3 saturated heterocycles. The summed E-state index contributed by atoms with van der Waals surface area (Å²) in [6.07, 6.45) is -7.81. The van der Waals surface area contributed by atoms with Gasteiger partial charge in [-0.1, -0.05) is 29.8 Å². The zero-order valence-corrected chi connectivity index (χ0v) is 37.1. The van der Waals surface area contributed by atoms with Crippen LogP contribution in [0.2, 0.25) is 5.02 Å². The monoisotopic (exact) mass is 985 g/mol. The van der Waals surface area contributed by atoms with Gasteiger partial charge in [0, 0.05) is 37.1 Å². The van der Waals surface area contributed by atoms with Gasteiger partial charge in [-0.3, -0.25) is 27.5 Å². The van der Waals surface area contributed by atoms with E-state index in [9.17, 15) is 43.3 Å². The number of aliphatic hydroxyl groups excluding tert-OH is 1. The van der Waals surface area contributed by atoms with Crippen LogP contribution in [0.15, 0.2) is 66.6 Å². The molecule has 29 heteroatoms. The van der Waals surface area contributed by atoms with Gasteiger partial charge < -0.3 is 60.3 Å². The van der Waals surface area contributed by atoms with E-state index in [2.05, 4.69) is 36.4 Å². The first-order chi connectivity index (χ1) is 31.4. The number of ether oxygens (including phenoxy) is 5. The van der Waals surface area contributed by atoms with E-state index in [1.54, 1.807) is 24.3 Å². The van der Waals surface area contributed by atoms with Crippen LogP contribution in [0, 0.1) is 0 Å². The van der Waals surface area contributed by atoms with Crippen LogP contribution in [0.5, 0.6) is 0 Å². The van der Waals surface area contributed by atoms with Crippen molar-refractivity contribution in [2.75, 3.05) is 31.3 Å². The normalized spacial score (nSPS) is 26.8. The number of hydrogen-bond donors (Lipinski definition) is 7. The van der Waals surface area contributed by atoms with Crippen molar-refractivity contribution in [1.82, 2.24) is 34.4 Å². The molecule has 3 aliphatic rings. The average molecular weight is 986 g/mol. The fourth-order valence-corrected chi connectivity index (χ4v) is 8.92. The molecule has 7 rings (SSSR count). The molecule has 1 aromatic carbocycles. The minimum absolute atomic E-state index is 0.00883. The summed E-state index contributed by atoms with van der Waals surface area (Å²) in [6, 6.07) is 6.40. The zero-order chi connectivity index (χ0) is 47.3. The molecule has 0 saturated carbocycles. The summed E-state index contributed by atoms with van der Waals surface area (Å²) in [5, 5.41) is 14.8. The van der Waals surface area contributed by atoms with Gasteiger partial charge in [0.1, 0.15) is 54.2 Å². The number of aromatic nitrogens is 6. The molecule has 0 spiro atoms. The van der Waals surface area contributed by atoms with Crippen molar-refractivity contribution < 1.29 is 75.8 Å². The Morgan fingerprint density at radius 1 is 1.03 bits per heavy atom. The van der Waals surface area contributed by atoms with Gasteiger partial charge in [-0.15, -0.1) is 6.58 Å². The summed E-state index contributed by atoms with van der Waals surface area (Å²) in [7, 11) is -10.6. The SMILES string of the molecule is C=CCCC(=O)NC(Cc1cccc(Cl)c1)C(=O)O[C@H]1[C@@H](O)[C@H](n2cnc3c(N)ncnc32)O[C@H]1COP(=O)(O)O[C@H]1[C@@H](O[C@@H]2CCCO2)[C@H](n2ccc(N)nc2=O)O[C@@H]1COP(=O)(O)O. The number of nitrogen functional groups attached to an aromatic ring is 2. The van der Waals surface area contributed by atoms with Crippen molar-refractivity contribution in [1.29, 1.82) is 0 Å². The lowest BCUT2D eigenvalue weighted by Gasteiger charge is -2.29. The maximum absolute atomic E-state index is 14.1. The summed E-state index contributed by atoms with van der Waals surface area (Å²) < 4.78 is 73.4. The minimum Gasteiger partial charge on any atom is -0.455 e. The van der Waals surface area contributed by atoms with Gasteiger partial charge in [0.15, 0.2) is 36.3 Å². The molecule has 3 aromatic heterocycles. The number of hydrogen-bond acceptors (Lipinski definition) is 20. The van der Waals surface area contributed by atoms with Crippen molar-refractivity contribution >= 4 is 61.9 Å². The number of amides is 1. The third-order valence-electron chi connectivity index (χ3n) is 10.4. The van der Waals surface area contributed by atoms with Crippen LogP contribution < -0.4 is 22.5 Å². The number of allylic oxidation sites excluding steroid dienone is 1. The molecular formula is C37H46ClN9O17P2. The number of anilines is 2. The van der Waals surface area contributed by atoms with Crippen molar-refractivity contribution in [3.05, 3.63) is 82.9 Å². The summed E-state index contributed by atoms with van der Waals surface area (Å²) in [6.45, 7) is 1.98. The lowest BCUT2D eigenvalue weighted by molar-refractivity contribution is -0.181. The van der Waals surface area contributed by atoms with Gasteiger partial charge in [-0.25, -0.2) is 33.7 Å². The third-order valence-corrected chi connectivity index (χ3v) is 12.1. The summed E-state index contributed by atoms with van der Waals surface area (Å²) in [4.78, 5) is 86.4. The van der Waals surface area contributed by atoms with Crippen molar-refractivity contribution in [3.8, 4) is 0 Å². The van der Waals surface area contributed by atoms with Crippen LogP contribution in [0.3, 0.4) is 0 Å². The first kappa shape index (κ1) is 49.2. The van der Waals surface area contributed by atoms with E-state index >= 15 is 0 Å². The number of rotatable bonds is 20. The fourth-order valence-electron chi connectivity index (χ4n) is 7.41. The Hall–Kier alpha value is -4.76. The van der Waals surface area contributed by atoms with E-state index in [0.29, 0.717) is 29.8 Å². The number of imidazole rings is 1. The van der Waals surface area contributed by atoms with Gasteiger partial charge in [-0.05, 0) is 36.6 Å². The smallest absolute Gasteiger partial charge is 0.455 e. The number of esters is 1. The molecule has 26 nitrogen and oxygen atoms in total. The topological polar surface area (TPSA) is 366 Å². The van der Waals surface area contributed by atoms with Gasteiger partial charge in [0.2, 0.25) is 5.91 Å². The highest BCUT2D eigenvalue weighted by Crippen LogP contribution is 2.51. The lowest BCUT2D eigenvalue weighted by Crippen LogP contribution is -2.47. The van der Waals surface area contributed by atoms with Gasteiger partial charge in [-0.2, -0.15) is 4.98 Å². The van der Waals surface area contributed by atoms with E-state index in [1.165, 1.54) is 29.2 Å². The van der Waals surface area contributed by atoms with Gasteiger partial charge >= 0.3 is 27.3 Å². The quantitative estimate of drug-likeness (QED) is 0.0366. The van der Waals surface area contributed by atoms with E-state index < -0.39 is 108 Å². The number of nitrogens with one attached hydrogen (secondary N) is 1. The number of nitrogens with two attached hydrogens (primary N) is 2. The molecule has 9 N–H and O–H groups in total. The number of benzene rings is 1. The molecule has 4 aromatic rings. The van der Waals surface area contributed by atoms with Gasteiger partial charge in [0.25, 0.3) is 0 Å². The summed E-state index contributed by atoms with van der Waals surface area (Å²) in [5.41, 5.74) is 11.5. The second kappa shape index (κ2) is 21.0. The molecule has 358 valence electrons. The van der Waals surface area contributed by atoms with Crippen LogP contribution in [0.1, 0.15) is 43.7 Å². The van der Waals surface area contributed by atoms with Crippen LogP contribution in [-0.4, -0.2) is 130 Å². The second-order valence-electron chi connectivity index (χ2n) is 15.1. The van der Waals surface area contributed by atoms with Crippen LogP contribution in [-0.2, 0) is 62.4 Å². The molecule has 0 radical (unpaired) electrons. The Kier molecular flexibility index (Phi) is 15.7. The molecule has 0 aliphatic carbocycles. The van der Waals surface area contributed by atoms with E-state index in [0.717, 1.165) is 10.9 Å². The Labute approximate surface area is 378 Å². The number of carbonyl (C=O) groups is 2. The maximum Gasteiger partial charge on any atom is 0.472 e. The van der Waals surface area contributed by atoms with Crippen LogP contribution in [0.25, 0.3) is 11.2 Å². The molecule has 1 amide bonds. The largest absolute Gasteiger partial charge is 0.472 e. The number of aliphatic hydroxyl groups is 1. The molecule has 2 unspecified atom stereocenters. The highest BCUT2D eigenvalue weighted by molar-refractivity contribution is 7.47. The van der Waals surface area contributed by atoms with E-state index in [4.69, 9.17) is 55.8 Å². The number of carbonyl (C=O) groups excluding carboxylic acids is 2. The number of halogens is 1. The van der Waals surface area contributed by atoms with E-state index in [1.807, 2.05) is 0 Å². The van der Waals surface area contributed by atoms with Crippen molar-refractivity contribution in [3.63, 3.8) is 0 Å². The molecular weight excluding hydrogens is 940 g/mol. The number of fused-ring (bicyclic) bond motifs is 1. The highest BCUT2D eigenvalue weighted by Gasteiger charge is 2.54. The number of nitrogens with zero attached hydrogens (tertiary/aromatic N) is 6. The van der Waals surface area contributed by atoms with Crippen molar-refractivity contribution in [2.24, 2.45) is 0 Å². The number of phosphoric acid groups is 2. The Balaban J connectivity index is 1.17. The number of phosphoric ester groups is 2. The Bertz CT molecular complexity index is 2540. The lowest BCUT2D eigenvalue weighted by atomic mass is 10.0. The van der Waals surface area contributed by atoms with Crippen LogP contribution in [0.4, 0.5) is 11.6 Å². The zero-order valence-electron chi connectivity index (χ0n) is 34.5. The predicted octanol–water partition coefficient (Wildman–Crippen LogP) is 0.795. The summed E-state index contributed by atoms with van der Waals surface area (Å²) in [5.74, 6) is -1.73. The summed E-state index contributed by atoms with van der Waals surface area (Å²) >= 11 is 6.20. The van der Waals surface area contributed by atoms with Gasteiger partial charge in [0.05, 0.1) is 19.5 Å². The Morgan fingerprint density at radius 3 is 2.50 bits per heavy atom. The third kappa shape index (κ3) is 12.0. The fraction of sp³-hybridized carbons (Fsp3) is 0.486. The standard InChI is InChI=1S/C37H46ClN9O17P2/c1-2-3-8-25(48)44-21(14-19-6-4-7-20(38)13-19)36(50)63-29-22(60-34(28(29)49)47-18-43-27-32(40)41-17-42-33(27)47)16-59-66(55,56)64-30-23(15-58-65(52,53)54)61-35(31(30)62-26-9-5-12-57-26)46-11-10-24(39)45-37(46)51/h2,4,6-7,10-11,13,17-18,21-23,26,28-31,34-35,49H,1,3,5,8-9,12,14-16H2,(H,44,48)(H,55,56)(H2,39,45,51)(H2,40,41,42)(H2,52,53,54)/t21?,22-,23+,26+,28+,29+,30+,31+,34+,35+/m0/s1. The first-order valence-electron chi connectivity index (χ1n) is 20.1. The molecule has 66 heavy (non-hydrogen) atoms. The van der Waals surface area contributed by atoms with Crippen molar-refractivity contribution in [2.45, 2.75) is 93.5 Å². The maximum atomic E-state index is 14.1. The highest BCUT2D eigenvalue weighted by atomic mass is 35.5. The first-order valence-corrected chi connectivity index (χ1v) is 23.5. The second-order valence-corrected chi connectivity index (χ2v) is 18.2. The van der Waals surface area contributed by atoms with E-state index in [-0.39, 0.29) is 42.2 Å². The predicted molar refractivity (Wildman–Crippen MR) is 225 cm³/mol. The molecule has 11 atom stereocenters. The minimum atomic E-state index is -5.43. The van der Waals surface area contributed by atoms with Crippen LogP contribution >= 0.6 is 27.2 Å². The molecule has 3 aliphatic heterocycles. The molecule has 3 fully saturated rings. The Morgan fingerprint density at radius 2 is 1.79 bits per heavy atom.